The summed E-state index contributed by atoms with van der Waals surface area (Å²) >= 11 is 5.89. The zero-order valence-electron chi connectivity index (χ0n) is 16.5. The molecule has 3 aromatic carbocycles. The molecule has 4 rings (SSSR count). The minimum atomic E-state index is -4.05. The van der Waals surface area contributed by atoms with E-state index in [1.165, 1.54) is 42.5 Å². The quantitative estimate of drug-likeness (QED) is 0.392. The Morgan fingerprint density at radius 2 is 1.68 bits per heavy atom. The summed E-state index contributed by atoms with van der Waals surface area (Å²) in [4.78, 5) is 4.15. The lowest BCUT2D eigenvalue weighted by Crippen LogP contribution is -2.07. The molecule has 158 valence electrons. The normalized spacial score (nSPS) is 11.5. The van der Waals surface area contributed by atoms with Crippen molar-refractivity contribution in [1.29, 1.82) is 0 Å². The largest absolute Gasteiger partial charge is 0.419 e. The van der Waals surface area contributed by atoms with E-state index < -0.39 is 15.7 Å². The highest BCUT2D eigenvalue weighted by Gasteiger charge is 2.29. The molecule has 4 aromatic rings. The fourth-order valence-electron chi connectivity index (χ4n) is 2.96. The molecule has 31 heavy (non-hydrogen) atoms. The molecule has 0 unspecified atom stereocenters. The Bertz CT molecular complexity index is 1320. The van der Waals surface area contributed by atoms with Gasteiger partial charge >= 0.3 is 0 Å². The molecule has 0 saturated heterocycles. The summed E-state index contributed by atoms with van der Waals surface area (Å²) in [5.41, 5.74) is 2.10. The van der Waals surface area contributed by atoms with Crippen LogP contribution >= 0.6 is 11.6 Å². The molecule has 0 radical (unpaired) electrons. The smallest absolute Gasteiger partial charge is 0.234 e. The molecule has 1 aromatic heterocycles. The summed E-state index contributed by atoms with van der Waals surface area (Å²) in [7, 11) is -4.05. The second-order valence-electron chi connectivity index (χ2n) is 6.93. The first-order chi connectivity index (χ1) is 14.8. The second kappa shape index (κ2) is 8.53. The predicted molar refractivity (Wildman–Crippen MR) is 117 cm³/mol. The van der Waals surface area contributed by atoms with E-state index in [2.05, 4.69) is 10.3 Å². The number of hydrogen-bond donors (Lipinski definition) is 1. The second-order valence-corrected chi connectivity index (χ2v) is 9.23. The Balaban J connectivity index is 1.77. The molecule has 0 atom stereocenters. The Labute approximate surface area is 184 Å². The first kappa shape index (κ1) is 21.1. The van der Waals surface area contributed by atoms with Crippen LogP contribution in [-0.4, -0.2) is 13.4 Å². The van der Waals surface area contributed by atoms with Gasteiger partial charge in [0.2, 0.25) is 26.6 Å². The van der Waals surface area contributed by atoms with Gasteiger partial charge in [-0.3, -0.25) is 0 Å². The maximum absolute atomic E-state index is 14.3. The number of rotatable bonds is 6. The first-order valence-corrected chi connectivity index (χ1v) is 11.3. The summed E-state index contributed by atoms with van der Waals surface area (Å²) in [6, 6.07) is 19.4. The van der Waals surface area contributed by atoms with Crippen LogP contribution in [0.2, 0.25) is 5.02 Å². The molecule has 1 N–H and O–H groups in total. The van der Waals surface area contributed by atoms with Gasteiger partial charge < -0.3 is 9.73 Å². The van der Waals surface area contributed by atoms with Gasteiger partial charge in [0.05, 0.1) is 10.5 Å². The molecule has 0 bridgehead atoms. The van der Waals surface area contributed by atoms with E-state index in [0.717, 1.165) is 11.1 Å². The van der Waals surface area contributed by atoms with Crippen molar-refractivity contribution < 1.29 is 17.2 Å². The number of aromatic nitrogens is 1. The van der Waals surface area contributed by atoms with Crippen LogP contribution in [0.5, 0.6) is 0 Å². The number of halogens is 2. The van der Waals surface area contributed by atoms with Gasteiger partial charge in [-0.2, -0.15) is 4.98 Å². The zero-order valence-corrected chi connectivity index (χ0v) is 18.0. The molecular formula is C23H18ClFN2O3S. The summed E-state index contributed by atoms with van der Waals surface area (Å²) in [5.74, 6) is -0.755. The Morgan fingerprint density at radius 1 is 1.00 bits per heavy atom. The molecule has 0 saturated carbocycles. The lowest BCUT2D eigenvalue weighted by atomic mass is 10.1. The molecule has 0 aliphatic carbocycles. The SMILES string of the molecule is Cc1ccc(CNc2oc(-c3ccccc3F)nc2S(=O)(=O)c2ccc(Cl)cc2)cc1. The average Bonchev–Trinajstić information content (AvgIpc) is 3.19. The van der Waals surface area contributed by atoms with Crippen LogP contribution in [0.25, 0.3) is 11.5 Å². The first-order valence-electron chi connectivity index (χ1n) is 9.40. The maximum Gasteiger partial charge on any atom is 0.234 e. The standard InChI is InChI=1S/C23H18ClFN2O3S/c1-15-6-8-16(9-7-15)14-26-22-23(31(28,29)18-12-10-17(24)11-13-18)27-21(30-22)19-4-2-3-5-20(19)25/h2-13,26H,14H2,1H3. The van der Waals surface area contributed by atoms with Crippen LogP contribution in [0.15, 0.2) is 87.1 Å². The zero-order chi connectivity index (χ0) is 22.0. The summed E-state index contributed by atoms with van der Waals surface area (Å²) in [6.45, 7) is 2.28. The number of sulfone groups is 1. The Hall–Kier alpha value is -3.16. The van der Waals surface area contributed by atoms with Crippen molar-refractivity contribution in [1.82, 2.24) is 4.98 Å². The monoisotopic (exact) mass is 456 g/mol. The van der Waals surface area contributed by atoms with Gasteiger partial charge in [-0.05, 0) is 48.9 Å². The van der Waals surface area contributed by atoms with E-state index >= 15 is 0 Å². The van der Waals surface area contributed by atoms with Crippen LogP contribution < -0.4 is 5.32 Å². The van der Waals surface area contributed by atoms with Gasteiger partial charge in [-0.25, -0.2) is 12.8 Å². The van der Waals surface area contributed by atoms with Crippen molar-refractivity contribution in [2.24, 2.45) is 0 Å². The van der Waals surface area contributed by atoms with Crippen molar-refractivity contribution in [2.45, 2.75) is 23.4 Å². The minimum absolute atomic E-state index is 0.00340. The van der Waals surface area contributed by atoms with Gasteiger partial charge in [0, 0.05) is 11.6 Å². The molecule has 0 aliphatic rings. The van der Waals surface area contributed by atoms with Crippen LogP contribution in [0.4, 0.5) is 10.3 Å². The molecule has 0 spiro atoms. The van der Waals surface area contributed by atoms with E-state index in [-0.39, 0.29) is 27.3 Å². The fourth-order valence-corrected chi connectivity index (χ4v) is 4.37. The molecule has 5 nitrogen and oxygen atoms in total. The molecular weight excluding hydrogens is 439 g/mol. The Morgan fingerprint density at radius 3 is 2.35 bits per heavy atom. The highest BCUT2D eigenvalue weighted by molar-refractivity contribution is 7.91. The molecule has 0 aliphatic heterocycles. The number of benzene rings is 3. The van der Waals surface area contributed by atoms with E-state index in [1.807, 2.05) is 31.2 Å². The molecule has 0 fully saturated rings. The van der Waals surface area contributed by atoms with Crippen LogP contribution in [0.3, 0.4) is 0 Å². The lowest BCUT2D eigenvalue weighted by molar-refractivity contribution is 0.567. The number of nitrogens with one attached hydrogen (secondary N) is 1. The van der Waals surface area contributed by atoms with Crippen LogP contribution in [0, 0.1) is 12.7 Å². The highest BCUT2D eigenvalue weighted by Crippen LogP contribution is 2.33. The summed E-state index contributed by atoms with van der Waals surface area (Å²) < 4.78 is 46.5. The van der Waals surface area contributed by atoms with Crippen molar-refractivity contribution in [3.8, 4) is 11.5 Å². The minimum Gasteiger partial charge on any atom is -0.419 e. The third kappa shape index (κ3) is 4.47. The van der Waals surface area contributed by atoms with Gasteiger partial charge in [-0.1, -0.05) is 53.6 Å². The van der Waals surface area contributed by atoms with E-state index in [4.69, 9.17) is 16.0 Å². The number of oxazole rings is 1. The summed E-state index contributed by atoms with van der Waals surface area (Å²) in [6.07, 6.45) is 0. The van der Waals surface area contributed by atoms with E-state index in [0.29, 0.717) is 11.6 Å². The van der Waals surface area contributed by atoms with Gasteiger partial charge in [0.15, 0.2) is 0 Å². The highest BCUT2D eigenvalue weighted by atomic mass is 35.5. The summed E-state index contributed by atoms with van der Waals surface area (Å²) in [5, 5.41) is 3.08. The molecule has 1 heterocycles. The third-order valence-corrected chi connectivity index (χ3v) is 6.58. The van der Waals surface area contributed by atoms with Gasteiger partial charge in [0.1, 0.15) is 5.82 Å². The van der Waals surface area contributed by atoms with Crippen molar-refractivity contribution in [2.75, 3.05) is 5.32 Å². The number of anilines is 1. The van der Waals surface area contributed by atoms with Crippen LogP contribution in [-0.2, 0) is 16.4 Å². The fraction of sp³-hybridized carbons (Fsp3) is 0.0870. The maximum atomic E-state index is 14.3. The van der Waals surface area contributed by atoms with Crippen molar-refractivity contribution in [3.05, 3.63) is 94.8 Å². The molecule has 0 amide bonds. The van der Waals surface area contributed by atoms with E-state index in [1.54, 1.807) is 6.07 Å². The van der Waals surface area contributed by atoms with E-state index in [9.17, 15) is 12.8 Å². The predicted octanol–water partition coefficient (Wildman–Crippen LogP) is 5.89. The van der Waals surface area contributed by atoms with Crippen molar-refractivity contribution >= 4 is 27.3 Å². The number of aryl methyl sites for hydroxylation is 1. The van der Waals surface area contributed by atoms with Gasteiger partial charge in [-0.15, -0.1) is 0 Å². The van der Waals surface area contributed by atoms with Gasteiger partial charge in [0.25, 0.3) is 0 Å². The van der Waals surface area contributed by atoms with Crippen LogP contribution in [0.1, 0.15) is 11.1 Å². The van der Waals surface area contributed by atoms with Crippen molar-refractivity contribution in [3.63, 3.8) is 0 Å². The third-order valence-electron chi connectivity index (χ3n) is 4.65. The topological polar surface area (TPSA) is 72.2 Å². The molecule has 8 heteroatoms. The average molecular weight is 457 g/mol. The number of hydrogen-bond acceptors (Lipinski definition) is 5. The number of nitrogens with zero attached hydrogens (tertiary/aromatic N) is 1. The Kier molecular flexibility index (Phi) is 5.80. The lowest BCUT2D eigenvalue weighted by Gasteiger charge is -2.07.